The van der Waals surface area contributed by atoms with Gasteiger partial charge in [0, 0.05) is 22.9 Å². The van der Waals surface area contributed by atoms with Gasteiger partial charge in [-0.3, -0.25) is 4.79 Å². The molecule has 5 nitrogen and oxygen atoms in total. The van der Waals surface area contributed by atoms with Gasteiger partial charge < -0.3 is 20.1 Å². The van der Waals surface area contributed by atoms with Gasteiger partial charge in [0.15, 0.2) is 0 Å². The Morgan fingerprint density at radius 2 is 1.93 bits per heavy atom. The molecule has 0 aliphatic carbocycles. The maximum atomic E-state index is 11.5. The van der Waals surface area contributed by atoms with E-state index in [-0.39, 0.29) is 18.3 Å². The first-order valence-electron chi connectivity index (χ1n) is 10.6. The molecule has 162 valence electrons. The quantitative estimate of drug-likeness (QED) is 0.570. The Kier molecular flexibility index (Phi) is 7.27. The first-order valence-corrected chi connectivity index (χ1v) is 10.9. The predicted octanol–water partition coefficient (Wildman–Crippen LogP) is 5.61. The van der Waals surface area contributed by atoms with E-state index >= 15 is 0 Å². The molecule has 2 atom stereocenters. The molecule has 1 fully saturated rings. The minimum Gasteiger partial charge on any atom is -0.481 e. The Bertz CT molecular complexity index is 856. The highest BCUT2D eigenvalue weighted by molar-refractivity contribution is 6.30. The molecule has 1 aliphatic rings. The number of halogens is 1. The van der Waals surface area contributed by atoms with E-state index in [1.807, 2.05) is 43.3 Å². The second kappa shape index (κ2) is 9.71. The SMILES string of the molecule is CC[C@@H](CC(=O)O)c1ccccc1N1CCOC[C@]1(Nc1ccc(Cl)cc1)C(C)C. The number of aliphatic carboxylic acids is 1. The molecule has 30 heavy (non-hydrogen) atoms. The Balaban J connectivity index is 2.05. The van der Waals surface area contributed by atoms with Crippen LogP contribution in [-0.2, 0) is 9.53 Å². The van der Waals surface area contributed by atoms with E-state index in [4.69, 9.17) is 16.3 Å². The Morgan fingerprint density at radius 3 is 2.57 bits per heavy atom. The van der Waals surface area contributed by atoms with Crippen molar-refractivity contribution in [2.45, 2.75) is 45.2 Å². The zero-order valence-corrected chi connectivity index (χ0v) is 18.7. The van der Waals surface area contributed by atoms with Crippen molar-refractivity contribution in [3.8, 4) is 0 Å². The molecule has 1 heterocycles. The summed E-state index contributed by atoms with van der Waals surface area (Å²) in [5, 5.41) is 13.8. The van der Waals surface area contributed by atoms with E-state index in [0.717, 1.165) is 29.9 Å². The van der Waals surface area contributed by atoms with E-state index in [0.29, 0.717) is 18.2 Å². The minimum absolute atomic E-state index is 0.0399. The predicted molar refractivity (Wildman–Crippen MR) is 123 cm³/mol. The van der Waals surface area contributed by atoms with Crippen LogP contribution in [-0.4, -0.2) is 36.5 Å². The lowest BCUT2D eigenvalue weighted by Gasteiger charge is -2.52. The summed E-state index contributed by atoms with van der Waals surface area (Å²) in [5.41, 5.74) is 2.65. The normalized spacial score (nSPS) is 20.2. The number of nitrogens with zero attached hydrogens (tertiary/aromatic N) is 1. The highest BCUT2D eigenvalue weighted by Crippen LogP contribution is 2.39. The lowest BCUT2D eigenvalue weighted by atomic mass is 9.87. The van der Waals surface area contributed by atoms with Crippen LogP contribution in [0, 0.1) is 5.92 Å². The summed E-state index contributed by atoms with van der Waals surface area (Å²) in [5.74, 6) is -0.587. The maximum absolute atomic E-state index is 11.5. The number of hydrogen-bond donors (Lipinski definition) is 2. The Hall–Kier alpha value is -2.24. The molecule has 2 N–H and O–H groups in total. The number of ether oxygens (including phenoxy) is 1. The molecule has 0 radical (unpaired) electrons. The molecule has 1 saturated heterocycles. The average Bonchev–Trinajstić information content (AvgIpc) is 2.74. The number of morpholine rings is 1. The molecular weight excluding hydrogens is 400 g/mol. The van der Waals surface area contributed by atoms with Crippen LogP contribution in [0.15, 0.2) is 48.5 Å². The summed E-state index contributed by atoms with van der Waals surface area (Å²) in [6.45, 7) is 8.28. The first-order chi connectivity index (χ1) is 14.4. The summed E-state index contributed by atoms with van der Waals surface area (Å²) in [4.78, 5) is 13.8. The van der Waals surface area contributed by atoms with Crippen molar-refractivity contribution in [3.05, 3.63) is 59.1 Å². The number of para-hydroxylation sites is 1. The summed E-state index contributed by atoms with van der Waals surface area (Å²) in [6, 6.07) is 15.9. The van der Waals surface area contributed by atoms with Crippen molar-refractivity contribution >= 4 is 28.9 Å². The highest BCUT2D eigenvalue weighted by atomic mass is 35.5. The van der Waals surface area contributed by atoms with Gasteiger partial charge in [0.1, 0.15) is 5.66 Å². The molecule has 3 rings (SSSR count). The molecule has 0 spiro atoms. The van der Waals surface area contributed by atoms with E-state index < -0.39 is 11.6 Å². The summed E-state index contributed by atoms with van der Waals surface area (Å²) in [7, 11) is 0. The molecule has 6 heteroatoms. The van der Waals surface area contributed by atoms with Gasteiger partial charge in [-0.15, -0.1) is 0 Å². The Morgan fingerprint density at radius 1 is 1.23 bits per heavy atom. The van der Waals surface area contributed by atoms with E-state index in [1.165, 1.54) is 0 Å². The van der Waals surface area contributed by atoms with Crippen molar-refractivity contribution in [1.82, 2.24) is 0 Å². The van der Waals surface area contributed by atoms with Gasteiger partial charge in [-0.05, 0) is 54.2 Å². The van der Waals surface area contributed by atoms with E-state index in [1.54, 1.807) is 0 Å². The van der Waals surface area contributed by atoms with Crippen LogP contribution in [0.25, 0.3) is 0 Å². The topological polar surface area (TPSA) is 61.8 Å². The van der Waals surface area contributed by atoms with Gasteiger partial charge in [-0.25, -0.2) is 0 Å². The third kappa shape index (κ3) is 4.73. The van der Waals surface area contributed by atoms with Gasteiger partial charge in [-0.1, -0.05) is 50.6 Å². The van der Waals surface area contributed by atoms with Crippen molar-refractivity contribution in [2.75, 3.05) is 30.0 Å². The number of carboxylic acid groups (broad SMARTS) is 1. The fourth-order valence-electron chi connectivity index (χ4n) is 4.27. The standard InChI is InChI=1S/C24H31ClN2O3/c1-4-18(15-23(28)29)21-7-5-6-8-22(21)27-13-14-30-16-24(27,17(2)3)26-20-11-9-19(25)10-12-20/h5-12,17-18,26H,4,13-16H2,1-3H3,(H,28,29)/t18-,24+/m0/s1. The van der Waals surface area contributed by atoms with E-state index in [2.05, 4.69) is 36.2 Å². The van der Waals surface area contributed by atoms with Gasteiger partial charge in [0.05, 0.1) is 19.6 Å². The average molecular weight is 431 g/mol. The summed E-state index contributed by atoms with van der Waals surface area (Å²) >= 11 is 6.08. The Labute approximate surface area is 184 Å². The van der Waals surface area contributed by atoms with Crippen LogP contribution in [0.5, 0.6) is 0 Å². The highest BCUT2D eigenvalue weighted by Gasteiger charge is 2.44. The van der Waals surface area contributed by atoms with E-state index in [9.17, 15) is 9.90 Å². The number of anilines is 2. The molecule has 0 saturated carbocycles. The van der Waals surface area contributed by atoms with Crippen molar-refractivity contribution in [3.63, 3.8) is 0 Å². The summed E-state index contributed by atoms with van der Waals surface area (Å²) < 4.78 is 5.96. The number of rotatable bonds is 8. The van der Waals surface area contributed by atoms with Crippen molar-refractivity contribution < 1.29 is 14.6 Å². The molecule has 1 aliphatic heterocycles. The molecule has 0 amide bonds. The second-order valence-corrected chi connectivity index (χ2v) is 8.61. The monoisotopic (exact) mass is 430 g/mol. The number of benzene rings is 2. The zero-order valence-electron chi connectivity index (χ0n) is 17.9. The third-order valence-electron chi connectivity index (χ3n) is 6.00. The largest absolute Gasteiger partial charge is 0.481 e. The van der Waals surface area contributed by atoms with Crippen LogP contribution in [0.4, 0.5) is 11.4 Å². The van der Waals surface area contributed by atoms with Gasteiger partial charge in [0.25, 0.3) is 0 Å². The molecule has 2 aromatic rings. The lowest BCUT2D eigenvalue weighted by Crippen LogP contribution is -2.65. The number of hydrogen-bond acceptors (Lipinski definition) is 4. The van der Waals surface area contributed by atoms with Gasteiger partial charge in [-0.2, -0.15) is 0 Å². The van der Waals surface area contributed by atoms with Crippen LogP contribution in [0.2, 0.25) is 5.02 Å². The van der Waals surface area contributed by atoms with Gasteiger partial charge >= 0.3 is 5.97 Å². The van der Waals surface area contributed by atoms with Crippen molar-refractivity contribution in [1.29, 1.82) is 0 Å². The molecular formula is C24H31ClN2O3. The zero-order chi connectivity index (χ0) is 21.7. The van der Waals surface area contributed by atoms with Crippen molar-refractivity contribution in [2.24, 2.45) is 5.92 Å². The molecule has 0 bridgehead atoms. The molecule has 2 aromatic carbocycles. The van der Waals surface area contributed by atoms with Crippen LogP contribution in [0.3, 0.4) is 0 Å². The van der Waals surface area contributed by atoms with Gasteiger partial charge in [0.2, 0.25) is 0 Å². The van der Waals surface area contributed by atoms with Crippen LogP contribution < -0.4 is 10.2 Å². The number of nitrogens with one attached hydrogen (secondary N) is 1. The minimum atomic E-state index is -0.770. The molecule has 0 aromatic heterocycles. The second-order valence-electron chi connectivity index (χ2n) is 8.18. The maximum Gasteiger partial charge on any atom is 0.303 e. The first kappa shape index (κ1) is 22.4. The smallest absolute Gasteiger partial charge is 0.303 e. The molecule has 0 unspecified atom stereocenters. The fourth-order valence-corrected chi connectivity index (χ4v) is 4.40. The fraction of sp³-hybridized carbons (Fsp3) is 0.458. The lowest BCUT2D eigenvalue weighted by molar-refractivity contribution is -0.137. The van der Waals surface area contributed by atoms with Crippen LogP contribution >= 0.6 is 11.6 Å². The number of carboxylic acids is 1. The summed E-state index contributed by atoms with van der Waals surface area (Å²) in [6.07, 6.45) is 0.893. The number of carbonyl (C=O) groups is 1. The van der Waals surface area contributed by atoms with Crippen LogP contribution in [0.1, 0.15) is 45.1 Å². The third-order valence-corrected chi connectivity index (χ3v) is 6.26.